The highest BCUT2D eigenvalue weighted by atomic mass is 79.9. The molecule has 2 amide bonds. The number of carbonyl (C=O) groups excluding carboxylic acids is 2. The first-order valence-electron chi connectivity index (χ1n) is 8.55. The summed E-state index contributed by atoms with van der Waals surface area (Å²) in [5, 5.41) is 5.92. The van der Waals surface area contributed by atoms with Crippen LogP contribution in [0.15, 0.2) is 64.8 Å². The Labute approximate surface area is 161 Å². The first-order valence-corrected chi connectivity index (χ1v) is 9.35. The summed E-state index contributed by atoms with van der Waals surface area (Å²) in [5.41, 5.74) is 2.00. The Kier molecular flexibility index (Phi) is 5.73. The van der Waals surface area contributed by atoms with E-state index in [-0.39, 0.29) is 11.5 Å². The summed E-state index contributed by atoms with van der Waals surface area (Å²) in [7, 11) is 0. The number of para-hydroxylation sites is 1. The monoisotopic (exact) mass is 413 g/mol. The lowest BCUT2D eigenvalue weighted by molar-refractivity contribution is -0.119. The maximum Gasteiger partial charge on any atom is 0.269 e. The number of rotatable bonds is 5. The molecule has 0 atom stereocenters. The molecule has 26 heavy (non-hydrogen) atoms. The molecule has 0 aromatic heterocycles. The molecular formula is C20H20BrN3O2. The molecule has 6 heteroatoms. The van der Waals surface area contributed by atoms with Crippen LogP contribution in [0, 0.1) is 0 Å². The van der Waals surface area contributed by atoms with Gasteiger partial charge in [-0.3, -0.25) is 14.5 Å². The van der Waals surface area contributed by atoms with Crippen LogP contribution in [0.4, 0.5) is 17.1 Å². The van der Waals surface area contributed by atoms with Crippen LogP contribution in [0.2, 0.25) is 0 Å². The maximum absolute atomic E-state index is 13.2. The molecule has 0 radical (unpaired) electrons. The summed E-state index contributed by atoms with van der Waals surface area (Å²) >= 11 is 3.45. The Balaban J connectivity index is 2.07. The molecule has 3 rings (SSSR count). The van der Waals surface area contributed by atoms with Crippen LogP contribution in [0.25, 0.3) is 0 Å². The minimum atomic E-state index is -0.416. The topological polar surface area (TPSA) is 61.4 Å². The zero-order valence-corrected chi connectivity index (χ0v) is 16.0. The first-order chi connectivity index (χ1) is 12.6. The van der Waals surface area contributed by atoms with Crippen molar-refractivity contribution >= 4 is 44.8 Å². The smallest absolute Gasteiger partial charge is 0.269 e. The van der Waals surface area contributed by atoms with E-state index in [4.69, 9.17) is 0 Å². The number of amides is 2. The van der Waals surface area contributed by atoms with Crippen molar-refractivity contribution in [1.82, 2.24) is 5.32 Å². The summed E-state index contributed by atoms with van der Waals surface area (Å²) in [6.45, 7) is 2.80. The highest BCUT2D eigenvalue weighted by Crippen LogP contribution is 2.37. The molecule has 5 nitrogen and oxygen atoms in total. The van der Waals surface area contributed by atoms with Gasteiger partial charge >= 0.3 is 0 Å². The van der Waals surface area contributed by atoms with Gasteiger partial charge in [0.2, 0.25) is 0 Å². The zero-order chi connectivity index (χ0) is 18.5. The summed E-state index contributed by atoms with van der Waals surface area (Å²) in [6.07, 6.45) is 3.52. The fourth-order valence-corrected chi connectivity index (χ4v) is 3.07. The second kappa shape index (κ2) is 8.19. The molecule has 1 aliphatic rings. The van der Waals surface area contributed by atoms with Crippen LogP contribution in [-0.2, 0) is 9.59 Å². The molecule has 0 bridgehead atoms. The molecule has 0 fully saturated rings. The third-order valence-electron chi connectivity index (χ3n) is 4.06. The molecule has 0 spiro atoms. The van der Waals surface area contributed by atoms with E-state index in [0.717, 1.165) is 17.3 Å². The van der Waals surface area contributed by atoms with E-state index in [1.807, 2.05) is 42.5 Å². The van der Waals surface area contributed by atoms with Crippen LogP contribution >= 0.6 is 15.9 Å². The third kappa shape index (κ3) is 3.80. The minimum absolute atomic E-state index is 0.0808. The largest absolute Gasteiger partial charge is 0.390 e. The van der Waals surface area contributed by atoms with E-state index in [9.17, 15) is 9.59 Å². The highest BCUT2D eigenvalue weighted by Gasteiger charge is 2.32. The van der Waals surface area contributed by atoms with Gasteiger partial charge in [0.05, 0.1) is 11.4 Å². The van der Waals surface area contributed by atoms with Gasteiger partial charge in [-0.1, -0.05) is 47.5 Å². The normalized spacial score (nSPS) is 15.5. The fraction of sp³-hybridized carbons (Fsp3) is 0.200. The molecule has 0 saturated heterocycles. The quantitative estimate of drug-likeness (QED) is 0.435. The molecule has 2 N–H and O–H groups in total. The maximum atomic E-state index is 13.2. The Hall–Kier alpha value is -2.60. The van der Waals surface area contributed by atoms with Crippen molar-refractivity contribution in [1.29, 1.82) is 0 Å². The van der Waals surface area contributed by atoms with Gasteiger partial charge in [0.25, 0.3) is 11.8 Å². The SMILES string of the molecule is CCCCNC=C1C(=O)Nc2ccc(Br)cc2N(c2ccccc2)C1=O. The zero-order valence-electron chi connectivity index (χ0n) is 14.5. The van der Waals surface area contributed by atoms with Crippen LogP contribution in [0.3, 0.4) is 0 Å². The Bertz CT molecular complexity index is 849. The van der Waals surface area contributed by atoms with Gasteiger partial charge in [0, 0.05) is 22.9 Å². The van der Waals surface area contributed by atoms with Gasteiger partial charge in [-0.15, -0.1) is 0 Å². The van der Waals surface area contributed by atoms with E-state index in [1.165, 1.54) is 6.20 Å². The number of hydrogen-bond acceptors (Lipinski definition) is 3. The van der Waals surface area contributed by atoms with E-state index >= 15 is 0 Å². The molecule has 0 aliphatic carbocycles. The highest BCUT2D eigenvalue weighted by molar-refractivity contribution is 9.10. The van der Waals surface area contributed by atoms with Crippen LogP contribution in [0.1, 0.15) is 19.8 Å². The van der Waals surface area contributed by atoms with Crippen LogP contribution in [-0.4, -0.2) is 18.4 Å². The van der Waals surface area contributed by atoms with Gasteiger partial charge in [0.1, 0.15) is 5.57 Å². The van der Waals surface area contributed by atoms with Gasteiger partial charge in [-0.05, 0) is 36.8 Å². The van der Waals surface area contributed by atoms with Crippen molar-refractivity contribution in [2.24, 2.45) is 0 Å². The fourth-order valence-electron chi connectivity index (χ4n) is 2.73. The van der Waals surface area contributed by atoms with Crippen LogP contribution in [0.5, 0.6) is 0 Å². The summed E-state index contributed by atoms with van der Waals surface area (Å²) in [5.74, 6) is -0.782. The number of unbranched alkanes of at least 4 members (excludes halogenated alkanes) is 1. The lowest BCUT2D eigenvalue weighted by atomic mass is 10.2. The number of halogens is 1. The predicted octanol–water partition coefficient (Wildman–Crippen LogP) is 4.34. The standard InChI is InChI=1S/C20H20BrN3O2/c1-2-3-11-22-13-16-19(25)23-17-10-9-14(21)12-18(17)24(20(16)26)15-7-5-4-6-8-15/h4-10,12-13,22H,2-3,11H2,1H3,(H,23,25). The van der Waals surface area contributed by atoms with Crippen molar-refractivity contribution in [3.8, 4) is 0 Å². The number of hydrogen-bond donors (Lipinski definition) is 2. The number of nitrogens with one attached hydrogen (secondary N) is 2. The van der Waals surface area contributed by atoms with Crippen molar-refractivity contribution in [3.63, 3.8) is 0 Å². The van der Waals surface area contributed by atoms with Crippen molar-refractivity contribution in [2.75, 3.05) is 16.8 Å². The Morgan fingerprint density at radius 3 is 2.65 bits per heavy atom. The molecule has 1 aliphatic heterocycles. The van der Waals surface area contributed by atoms with Gasteiger partial charge < -0.3 is 10.6 Å². The summed E-state index contributed by atoms with van der Waals surface area (Å²) < 4.78 is 0.827. The molecular weight excluding hydrogens is 394 g/mol. The average Bonchev–Trinajstić information content (AvgIpc) is 2.74. The van der Waals surface area contributed by atoms with Gasteiger partial charge in [-0.2, -0.15) is 0 Å². The average molecular weight is 414 g/mol. The van der Waals surface area contributed by atoms with E-state index in [0.29, 0.717) is 23.6 Å². The molecule has 1 heterocycles. The van der Waals surface area contributed by atoms with E-state index < -0.39 is 5.91 Å². The van der Waals surface area contributed by atoms with Gasteiger partial charge in [-0.25, -0.2) is 0 Å². The predicted molar refractivity (Wildman–Crippen MR) is 107 cm³/mol. The van der Waals surface area contributed by atoms with Crippen molar-refractivity contribution in [2.45, 2.75) is 19.8 Å². The van der Waals surface area contributed by atoms with Gasteiger partial charge in [0.15, 0.2) is 0 Å². The second-order valence-electron chi connectivity index (χ2n) is 5.96. The lowest BCUT2D eigenvalue weighted by Gasteiger charge is -2.23. The number of anilines is 3. The molecule has 134 valence electrons. The van der Waals surface area contributed by atoms with Crippen molar-refractivity contribution in [3.05, 3.63) is 64.8 Å². The molecule has 2 aromatic carbocycles. The summed E-state index contributed by atoms with van der Waals surface area (Å²) in [6, 6.07) is 14.8. The first kappa shape index (κ1) is 18.2. The summed E-state index contributed by atoms with van der Waals surface area (Å²) in [4.78, 5) is 27.4. The second-order valence-corrected chi connectivity index (χ2v) is 6.87. The molecule has 0 unspecified atom stereocenters. The molecule has 2 aromatic rings. The van der Waals surface area contributed by atoms with E-state index in [2.05, 4.69) is 33.5 Å². The number of carbonyl (C=O) groups is 2. The Morgan fingerprint density at radius 2 is 1.92 bits per heavy atom. The Morgan fingerprint density at radius 1 is 1.15 bits per heavy atom. The third-order valence-corrected chi connectivity index (χ3v) is 4.56. The van der Waals surface area contributed by atoms with E-state index in [1.54, 1.807) is 11.0 Å². The van der Waals surface area contributed by atoms with Crippen molar-refractivity contribution < 1.29 is 9.59 Å². The minimum Gasteiger partial charge on any atom is -0.390 e. The number of nitrogens with zero attached hydrogens (tertiary/aromatic N) is 1. The van der Waals surface area contributed by atoms with Crippen LogP contribution < -0.4 is 15.5 Å². The lowest BCUT2D eigenvalue weighted by Crippen LogP contribution is -2.30. The number of benzene rings is 2. The number of fused-ring (bicyclic) bond motifs is 1. The molecule has 0 saturated carbocycles.